The van der Waals surface area contributed by atoms with Crippen LogP contribution in [0.15, 0.2) is 17.1 Å². The normalized spacial score (nSPS) is 11.5. The molecule has 0 unspecified atom stereocenters. The Morgan fingerprint density at radius 1 is 1.46 bits per heavy atom. The number of carbonyl (C=O) groups is 1. The second kappa shape index (κ2) is 4.18. The van der Waals surface area contributed by atoms with E-state index in [-0.39, 0.29) is 5.97 Å². The SMILES string of the molecule is CN=C(C)c1ccc(C(=O)OC)s1. The zero-order valence-electron chi connectivity index (χ0n) is 7.83. The largest absolute Gasteiger partial charge is 0.465 e. The van der Waals surface area contributed by atoms with Gasteiger partial charge < -0.3 is 4.74 Å². The van der Waals surface area contributed by atoms with Crippen LogP contribution in [0.4, 0.5) is 0 Å². The minimum absolute atomic E-state index is 0.292. The lowest BCUT2D eigenvalue weighted by atomic mass is 10.3. The molecule has 0 aromatic carbocycles. The fourth-order valence-corrected chi connectivity index (χ4v) is 1.77. The molecule has 0 aliphatic carbocycles. The van der Waals surface area contributed by atoms with Crippen LogP contribution in [0.25, 0.3) is 0 Å². The van der Waals surface area contributed by atoms with E-state index in [0.717, 1.165) is 10.6 Å². The smallest absolute Gasteiger partial charge is 0.348 e. The Kier molecular flexibility index (Phi) is 3.19. The third kappa shape index (κ3) is 2.15. The summed E-state index contributed by atoms with van der Waals surface area (Å²) in [7, 11) is 3.11. The molecule has 13 heavy (non-hydrogen) atoms. The van der Waals surface area contributed by atoms with Crippen LogP contribution in [0.3, 0.4) is 0 Å². The topological polar surface area (TPSA) is 38.7 Å². The Bertz CT molecular complexity index is 341. The van der Waals surface area contributed by atoms with Gasteiger partial charge in [0.25, 0.3) is 0 Å². The molecule has 0 atom stereocenters. The summed E-state index contributed by atoms with van der Waals surface area (Å²) in [6.07, 6.45) is 0. The van der Waals surface area contributed by atoms with Crippen molar-refractivity contribution in [2.24, 2.45) is 4.99 Å². The lowest BCUT2D eigenvalue weighted by Crippen LogP contribution is -1.96. The van der Waals surface area contributed by atoms with Crippen molar-refractivity contribution in [1.82, 2.24) is 0 Å². The van der Waals surface area contributed by atoms with Gasteiger partial charge in [0, 0.05) is 17.6 Å². The van der Waals surface area contributed by atoms with Gasteiger partial charge in [-0.2, -0.15) is 0 Å². The van der Waals surface area contributed by atoms with Gasteiger partial charge in [0.2, 0.25) is 0 Å². The summed E-state index contributed by atoms with van der Waals surface area (Å²) in [5.41, 5.74) is 0.931. The molecule has 0 aliphatic rings. The Morgan fingerprint density at radius 3 is 2.62 bits per heavy atom. The fourth-order valence-electron chi connectivity index (χ4n) is 0.853. The number of esters is 1. The molecular formula is C9H11NO2S. The summed E-state index contributed by atoms with van der Waals surface area (Å²) in [5.74, 6) is -0.292. The molecule has 4 heteroatoms. The molecule has 1 rings (SSSR count). The van der Waals surface area contributed by atoms with Gasteiger partial charge in [0.05, 0.1) is 7.11 Å². The van der Waals surface area contributed by atoms with Crippen molar-refractivity contribution >= 4 is 23.0 Å². The Hall–Kier alpha value is -1.16. The van der Waals surface area contributed by atoms with Crippen molar-refractivity contribution in [3.05, 3.63) is 21.9 Å². The average Bonchev–Trinajstić information content (AvgIpc) is 2.64. The molecule has 1 aromatic heterocycles. The van der Waals surface area contributed by atoms with E-state index in [1.807, 2.05) is 13.0 Å². The molecule has 70 valence electrons. The number of rotatable bonds is 2. The predicted molar refractivity (Wildman–Crippen MR) is 53.8 cm³/mol. The summed E-state index contributed by atoms with van der Waals surface area (Å²) >= 11 is 1.39. The number of ether oxygens (including phenoxy) is 1. The first-order valence-electron chi connectivity index (χ1n) is 3.81. The highest BCUT2D eigenvalue weighted by Gasteiger charge is 2.09. The summed E-state index contributed by atoms with van der Waals surface area (Å²) < 4.78 is 4.59. The molecule has 0 aliphatic heterocycles. The van der Waals surface area contributed by atoms with E-state index in [9.17, 15) is 4.79 Å². The highest BCUT2D eigenvalue weighted by molar-refractivity contribution is 7.15. The van der Waals surface area contributed by atoms with E-state index in [4.69, 9.17) is 0 Å². The van der Waals surface area contributed by atoms with E-state index in [2.05, 4.69) is 9.73 Å². The monoisotopic (exact) mass is 197 g/mol. The number of hydrogen-bond acceptors (Lipinski definition) is 4. The Labute approximate surface area is 81.1 Å². The van der Waals surface area contributed by atoms with Gasteiger partial charge in [-0.1, -0.05) is 0 Å². The van der Waals surface area contributed by atoms with Crippen molar-refractivity contribution < 1.29 is 9.53 Å². The van der Waals surface area contributed by atoms with Crippen LogP contribution < -0.4 is 0 Å². The Balaban J connectivity index is 2.93. The molecule has 0 amide bonds. The zero-order valence-corrected chi connectivity index (χ0v) is 8.64. The molecule has 0 N–H and O–H groups in total. The summed E-state index contributed by atoms with van der Waals surface area (Å²) in [4.78, 5) is 16.7. The number of hydrogen-bond donors (Lipinski definition) is 0. The molecule has 3 nitrogen and oxygen atoms in total. The minimum Gasteiger partial charge on any atom is -0.465 e. The van der Waals surface area contributed by atoms with Gasteiger partial charge in [-0.25, -0.2) is 4.79 Å². The van der Waals surface area contributed by atoms with Crippen LogP contribution in [0, 0.1) is 0 Å². The van der Waals surface area contributed by atoms with E-state index < -0.39 is 0 Å². The van der Waals surface area contributed by atoms with Crippen molar-refractivity contribution in [2.45, 2.75) is 6.92 Å². The van der Waals surface area contributed by atoms with Gasteiger partial charge in [0.1, 0.15) is 4.88 Å². The quantitative estimate of drug-likeness (QED) is 0.537. The maximum atomic E-state index is 11.1. The van der Waals surface area contributed by atoms with Crippen LogP contribution in [0.1, 0.15) is 21.5 Å². The molecule has 1 aromatic rings. The molecule has 0 saturated carbocycles. The van der Waals surface area contributed by atoms with Crippen LogP contribution in [-0.4, -0.2) is 25.8 Å². The number of thiophene rings is 1. The lowest BCUT2D eigenvalue weighted by Gasteiger charge is -1.93. The van der Waals surface area contributed by atoms with Gasteiger partial charge >= 0.3 is 5.97 Å². The van der Waals surface area contributed by atoms with Crippen molar-refractivity contribution in [1.29, 1.82) is 0 Å². The first-order chi connectivity index (χ1) is 6.19. The van der Waals surface area contributed by atoms with Gasteiger partial charge in [-0.3, -0.25) is 4.99 Å². The Morgan fingerprint density at radius 2 is 2.08 bits per heavy atom. The predicted octanol–water partition coefficient (Wildman–Crippen LogP) is 1.97. The summed E-state index contributed by atoms with van der Waals surface area (Å²) in [6, 6.07) is 3.62. The maximum absolute atomic E-state index is 11.1. The number of nitrogens with zero attached hydrogens (tertiary/aromatic N) is 1. The fraction of sp³-hybridized carbons (Fsp3) is 0.333. The second-order valence-corrected chi connectivity index (χ2v) is 3.55. The summed E-state index contributed by atoms with van der Waals surface area (Å²) in [6.45, 7) is 1.91. The second-order valence-electron chi connectivity index (χ2n) is 2.46. The van der Waals surface area contributed by atoms with Gasteiger partial charge in [-0.15, -0.1) is 11.3 Å². The van der Waals surface area contributed by atoms with E-state index in [1.165, 1.54) is 18.4 Å². The van der Waals surface area contributed by atoms with E-state index in [0.29, 0.717) is 4.88 Å². The zero-order chi connectivity index (χ0) is 9.84. The molecule has 0 spiro atoms. The maximum Gasteiger partial charge on any atom is 0.348 e. The van der Waals surface area contributed by atoms with Crippen molar-refractivity contribution in [3.8, 4) is 0 Å². The third-order valence-electron chi connectivity index (χ3n) is 1.68. The van der Waals surface area contributed by atoms with Gasteiger partial charge in [-0.05, 0) is 19.1 Å². The number of aliphatic imine (C=N–C) groups is 1. The molecule has 0 bridgehead atoms. The van der Waals surface area contributed by atoms with Crippen LogP contribution in [0.5, 0.6) is 0 Å². The highest BCUT2D eigenvalue weighted by Crippen LogP contribution is 2.17. The van der Waals surface area contributed by atoms with E-state index >= 15 is 0 Å². The van der Waals surface area contributed by atoms with E-state index in [1.54, 1.807) is 13.1 Å². The molecule has 0 fully saturated rings. The molecular weight excluding hydrogens is 186 g/mol. The van der Waals surface area contributed by atoms with Crippen LogP contribution in [-0.2, 0) is 4.74 Å². The average molecular weight is 197 g/mol. The highest BCUT2D eigenvalue weighted by atomic mass is 32.1. The van der Waals surface area contributed by atoms with Crippen molar-refractivity contribution in [3.63, 3.8) is 0 Å². The lowest BCUT2D eigenvalue weighted by molar-refractivity contribution is 0.0606. The minimum atomic E-state index is -0.292. The van der Waals surface area contributed by atoms with Crippen molar-refractivity contribution in [2.75, 3.05) is 14.2 Å². The first-order valence-corrected chi connectivity index (χ1v) is 4.62. The third-order valence-corrected chi connectivity index (χ3v) is 2.86. The first kappa shape index (κ1) is 9.92. The number of methoxy groups -OCH3 is 1. The van der Waals surface area contributed by atoms with Crippen LogP contribution >= 0.6 is 11.3 Å². The molecule has 1 heterocycles. The number of carbonyl (C=O) groups excluding carboxylic acids is 1. The summed E-state index contributed by atoms with van der Waals surface area (Å²) in [5, 5.41) is 0. The standard InChI is InChI=1S/C9H11NO2S/c1-6(10-2)7-4-5-8(13-7)9(11)12-3/h4-5H,1-3H3. The molecule has 0 saturated heterocycles. The van der Waals surface area contributed by atoms with Gasteiger partial charge in [0.15, 0.2) is 0 Å². The molecule has 0 radical (unpaired) electrons. The van der Waals surface area contributed by atoms with Crippen LogP contribution in [0.2, 0.25) is 0 Å².